The van der Waals surface area contributed by atoms with Crippen LogP contribution in [-0.2, 0) is 0 Å². The lowest BCUT2D eigenvalue weighted by Crippen LogP contribution is -2.18. The van der Waals surface area contributed by atoms with Gasteiger partial charge in [-0.05, 0) is 24.6 Å². The normalized spacial score (nSPS) is 12.2. The molecule has 0 aliphatic rings. The van der Waals surface area contributed by atoms with Crippen LogP contribution in [0.3, 0.4) is 0 Å². The van der Waals surface area contributed by atoms with E-state index in [4.69, 9.17) is 21.4 Å². The Kier molecular flexibility index (Phi) is 4.77. The number of halogens is 1. The SMILES string of the molecule is CCC(CO)C(=O)c1cc(Cl)ccc1OC. The minimum Gasteiger partial charge on any atom is -0.496 e. The van der Waals surface area contributed by atoms with Gasteiger partial charge in [0.25, 0.3) is 0 Å². The Bertz CT molecular complexity index is 373. The third kappa shape index (κ3) is 2.74. The molecule has 1 aromatic carbocycles. The highest BCUT2D eigenvalue weighted by Crippen LogP contribution is 2.25. The molecular weight excluding hydrogens is 228 g/mol. The van der Waals surface area contributed by atoms with Crippen LogP contribution >= 0.6 is 11.6 Å². The van der Waals surface area contributed by atoms with Crippen LogP contribution in [0.4, 0.5) is 0 Å². The van der Waals surface area contributed by atoms with Gasteiger partial charge in [-0.25, -0.2) is 0 Å². The highest BCUT2D eigenvalue weighted by Gasteiger charge is 2.21. The summed E-state index contributed by atoms with van der Waals surface area (Å²) < 4.78 is 5.10. The third-order valence-corrected chi connectivity index (χ3v) is 2.75. The van der Waals surface area contributed by atoms with Crippen molar-refractivity contribution < 1.29 is 14.6 Å². The molecule has 16 heavy (non-hydrogen) atoms. The summed E-state index contributed by atoms with van der Waals surface area (Å²) >= 11 is 5.84. The molecule has 1 atom stereocenters. The number of ketones is 1. The summed E-state index contributed by atoms with van der Waals surface area (Å²) in [4.78, 5) is 12.0. The molecule has 0 aliphatic carbocycles. The molecule has 1 N–H and O–H groups in total. The van der Waals surface area contributed by atoms with Gasteiger partial charge in [0.05, 0.1) is 19.3 Å². The number of rotatable bonds is 5. The minimum absolute atomic E-state index is 0.135. The molecule has 0 heterocycles. The predicted octanol–water partition coefficient (Wildman–Crippen LogP) is 2.55. The van der Waals surface area contributed by atoms with E-state index >= 15 is 0 Å². The number of benzene rings is 1. The first-order valence-electron chi connectivity index (χ1n) is 5.12. The van der Waals surface area contributed by atoms with Gasteiger partial charge in [-0.3, -0.25) is 4.79 Å². The zero-order valence-electron chi connectivity index (χ0n) is 9.37. The number of hydrogen-bond acceptors (Lipinski definition) is 3. The van der Waals surface area contributed by atoms with Gasteiger partial charge in [0, 0.05) is 10.9 Å². The summed E-state index contributed by atoms with van der Waals surface area (Å²) in [6, 6.07) is 4.89. The van der Waals surface area contributed by atoms with E-state index in [2.05, 4.69) is 0 Å². The Balaban J connectivity index is 3.10. The van der Waals surface area contributed by atoms with Crippen LogP contribution in [0, 0.1) is 5.92 Å². The van der Waals surface area contributed by atoms with Crippen molar-refractivity contribution in [3.8, 4) is 5.75 Å². The zero-order chi connectivity index (χ0) is 12.1. The molecule has 0 saturated heterocycles. The lowest BCUT2D eigenvalue weighted by Gasteiger charge is -2.13. The van der Waals surface area contributed by atoms with E-state index in [0.717, 1.165) is 0 Å². The van der Waals surface area contributed by atoms with Crippen LogP contribution in [0.1, 0.15) is 23.7 Å². The van der Waals surface area contributed by atoms with Crippen LogP contribution in [-0.4, -0.2) is 24.6 Å². The first-order chi connectivity index (χ1) is 7.63. The van der Waals surface area contributed by atoms with E-state index in [-0.39, 0.29) is 12.4 Å². The zero-order valence-corrected chi connectivity index (χ0v) is 10.1. The lowest BCUT2D eigenvalue weighted by molar-refractivity contribution is 0.0853. The van der Waals surface area contributed by atoms with Crippen LogP contribution < -0.4 is 4.74 Å². The van der Waals surface area contributed by atoms with E-state index in [1.54, 1.807) is 18.2 Å². The highest BCUT2D eigenvalue weighted by molar-refractivity contribution is 6.31. The largest absolute Gasteiger partial charge is 0.496 e. The smallest absolute Gasteiger partial charge is 0.171 e. The third-order valence-electron chi connectivity index (χ3n) is 2.51. The lowest BCUT2D eigenvalue weighted by atomic mass is 9.95. The van der Waals surface area contributed by atoms with Crippen molar-refractivity contribution >= 4 is 17.4 Å². The number of carbonyl (C=O) groups is 1. The van der Waals surface area contributed by atoms with E-state index in [1.807, 2.05) is 6.92 Å². The van der Waals surface area contributed by atoms with Gasteiger partial charge in [0.2, 0.25) is 0 Å². The Hall–Kier alpha value is -1.06. The average molecular weight is 243 g/mol. The Morgan fingerprint density at radius 3 is 2.75 bits per heavy atom. The molecule has 4 heteroatoms. The molecular formula is C12H15ClO3. The van der Waals surface area contributed by atoms with E-state index < -0.39 is 5.92 Å². The molecule has 1 aromatic rings. The molecule has 0 saturated carbocycles. The quantitative estimate of drug-likeness (QED) is 0.808. The van der Waals surface area contributed by atoms with E-state index in [0.29, 0.717) is 22.8 Å². The van der Waals surface area contributed by atoms with Crippen molar-refractivity contribution in [2.45, 2.75) is 13.3 Å². The highest BCUT2D eigenvalue weighted by atomic mass is 35.5. The van der Waals surface area contributed by atoms with Crippen molar-refractivity contribution in [2.24, 2.45) is 5.92 Å². The van der Waals surface area contributed by atoms with Crippen molar-refractivity contribution in [1.82, 2.24) is 0 Å². The molecule has 0 aromatic heterocycles. The Morgan fingerprint density at radius 1 is 1.56 bits per heavy atom. The fourth-order valence-corrected chi connectivity index (χ4v) is 1.66. The maximum absolute atomic E-state index is 12.0. The minimum atomic E-state index is -0.396. The van der Waals surface area contributed by atoms with E-state index in [9.17, 15) is 4.79 Å². The van der Waals surface area contributed by atoms with Crippen LogP contribution in [0.2, 0.25) is 5.02 Å². The average Bonchev–Trinajstić information content (AvgIpc) is 2.30. The number of aliphatic hydroxyl groups is 1. The molecule has 1 unspecified atom stereocenters. The fraction of sp³-hybridized carbons (Fsp3) is 0.417. The summed E-state index contributed by atoms with van der Waals surface area (Å²) in [5, 5.41) is 9.58. The van der Waals surface area contributed by atoms with Crippen LogP contribution in [0.15, 0.2) is 18.2 Å². The van der Waals surface area contributed by atoms with Crippen LogP contribution in [0.25, 0.3) is 0 Å². The van der Waals surface area contributed by atoms with E-state index in [1.165, 1.54) is 7.11 Å². The standard InChI is InChI=1S/C12H15ClO3/c1-3-8(7-14)12(15)10-6-9(13)4-5-11(10)16-2/h4-6,8,14H,3,7H2,1-2H3. The number of carbonyl (C=O) groups excluding carboxylic acids is 1. The number of aliphatic hydroxyl groups excluding tert-OH is 1. The maximum atomic E-state index is 12.0. The number of hydrogen-bond donors (Lipinski definition) is 1. The molecule has 0 radical (unpaired) electrons. The Labute approximate surface area is 100.0 Å². The first kappa shape index (κ1) is 13.0. The summed E-state index contributed by atoms with van der Waals surface area (Å²) in [6.07, 6.45) is 0.588. The predicted molar refractivity (Wildman–Crippen MR) is 63.2 cm³/mol. The Morgan fingerprint density at radius 2 is 2.25 bits per heavy atom. The first-order valence-corrected chi connectivity index (χ1v) is 5.50. The van der Waals surface area contributed by atoms with Crippen molar-refractivity contribution in [2.75, 3.05) is 13.7 Å². The van der Waals surface area contributed by atoms with Gasteiger partial charge in [0.15, 0.2) is 5.78 Å². The molecule has 0 spiro atoms. The molecule has 0 bridgehead atoms. The summed E-state index contributed by atoms with van der Waals surface area (Å²) in [5.41, 5.74) is 0.427. The molecule has 0 amide bonds. The summed E-state index contributed by atoms with van der Waals surface area (Å²) in [6.45, 7) is 1.70. The maximum Gasteiger partial charge on any atom is 0.171 e. The second-order valence-electron chi connectivity index (χ2n) is 3.50. The number of ether oxygens (including phenoxy) is 1. The molecule has 3 nitrogen and oxygen atoms in total. The second kappa shape index (κ2) is 5.87. The van der Waals surface area contributed by atoms with Gasteiger partial charge in [-0.1, -0.05) is 18.5 Å². The van der Waals surface area contributed by atoms with Gasteiger partial charge >= 0.3 is 0 Å². The monoisotopic (exact) mass is 242 g/mol. The number of Topliss-reactive ketones (excluding diaryl/α,β-unsaturated/α-hetero) is 1. The molecule has 88 valence electrons. The van der Waals surface area contributed by atoms with Crippen molar-refractivity contribution in [3.63, 3.8) is 0 Å². The summed E-state index contributed by atoms with van der Waals surface area (Å²) in [5.74, 6) is -0.0435. The van der Waals surface area contributed by atoms with Gasteiger partial charge in [-0.2, -0.15) is 0 Å². The number of methoxy groups -OCH3 is 1. The topological polar surface area (TPSA) is 46.5 Å². The second-order valence-corrected chi connectivity index (χ2v) is 3.93. The van der Waals surface area contributed by atoms with Crippen molar-refractivity contribution in [1.29, 1.82) is 0 Å². The van der Waals surface area contributed by atoms with Gasteiger partial charge in [0.1, 0.15) is 5.75 Å². The molecule has 1 rings (SSSR count). The summed E-state index contributed by atoms with van der Waals surface area (Å²) in [7, 11) is 1.50. The molecule has 0 aliphatic heterocycles. The van der Waals surface area contributed by atoms with Crippen molar-refractivity contribution in [3.05, 3.63) is 28.8 Å². The van der Waals surface area contributed by atoms with Gasteiger partial charge < -0.3 is 9.84 Å². The van der Waals surface area contributed by atoms with Crippen LogP contribution in [0.5, 0.6) is 5.75 Å². The molecule has 0 fully saturated rings. The fourth-order valence-electron chi connectivity index (χ4n) is 1.49. The van der Waals surface area contributed by atoms with Gasteiger partial charge in [-0.15, -0.1) is 0 Å².